The molecule has 0 aromatic carbocycles. The molecule has 1 amide bonds. The van der Waals surface area contributed by atoms with Crippen LogP contribution in [0.3, 0.4) is 0 Å². The van der Waals surface area contributed by atoms with Crippen LogP contribution in [0, 0.1) is 18.8 Å². The predicted molar refractivity (Wildman–Crippen MR) is 102 cm³/mol. The van der Waals surface area contributed by atoms with Crippen LogP contribution >= 0.6 is 34.5 Å². The standard InChI is InChI=1S/C15H14Cl2N4O3S.Li.H/c1-5-9(16)10(17)12(19-5)13(22)20-11-6-3-21(4-7(6)11)15-18-2-8(25-15)14(23)24;;/h2,6-7,11,19H,3-4H2,1H3,(H,20,22)(H,23,24);;/t6-,7+,11?;;. The zero-order chi connectivity index (χ0) is 17.9. The van der Waals surface area contributed by atoms with E-state index in [0.29, 0.717) is 27.7 Å². The van der Waals surface area contributed by atoms with Crippen molar-refractivity contribution in [2.75, 3.05) is 18.0 Å². The first-order valence-electron chi connectivity index (χ1n) is 7.65. The van der Waals surface area contributed by atoms with Gasteiger partial charge in [0.1, 0.15) is 10.6 Å². The molecule has 11 heteroatoms. The third kappa shape index (κ3) is 3.25. The number of carboxylic acids is 1. The number of nitrogens with one attached hydrogen (secondary N) is 2. The van der Waals surface area contributed by atoms with Crippen molar-refractivity contribution in [3.8, 4) is 0 Å². The van der Waals surface area contributed by atoms with E-state index < -0.39 is 5.97 Å². The van der Waals surface area contributed by atoms with E-state index in [2.05, 4.69) is 20.2 Å². The van der Waals surface area contributed by atoms with E-state index >= 15 is 0 Å². The molecule has 1 aliphatic carbocycles. The van der Waals surface area contributed by atoms with Crippen molar-refractivity contribution in [3.63, 3.8) is 0 Å². The van der Waals surface area contributed by atoms with E-state index in [-0.39, 0.29) is 46.4 Å². The van der Waals surface area contributed by atoms with Gasteiger partial charge in [-0.3, -0.25) is 4.79 Å². The molecule has 3 heterocycles. The number of fused-ring (bicyclic) bond motifs is 1. The van der Waals surface area contributed by atoms with E-state index in [1.807, 2.05) is 0 Å². The van der Waals surface area contributed by atoms with Gasteiger partial charge in [0.05, 0.1) is 16.2 Å². The van der Waals surface area contributed by atoms with Gasteiger partial charge in [-0.2, -0.15) is 0 Å². The molecule has 2 fully saturated rings. The zero-order valence-corrected chi connectivity index (χ0v) is 15.4. The molecule has 4 rings (SSSR count). The van der Waals surface area contributed by atoms with Crippen LogP contribution in [0.5, 0.6) is 0 Å². The quantitative estimate of drug-likeness (QED) is 0.672. The van der Waals surface area contributed by atoms with E-state index in [1.54, 1.807) is 6.92 Å². The summed E-state index contributed by atoms with van der Waals surface area (Å²) in [5, 5.41) is 13.3. The summed E-state index contributed by atoms with van der Waals surface area (Å²) in [4.78, 5) is 32.7. The van der Waals surface area contributed by atoms with Crippen LogP contribution in [-0.4, -0.2) is 64.9 Å². The number of halogens is 2. The van der Waals surface area contributed by atoms with Gasteiger partial charge in [-0.05, 0) is 6.92 Å². The maximum atomic E-state index is 12.4. The Morgan fingerprint density at radius 3 is 2.50 bits per heavy atom. The predicted octanol–water partition coefficient (Wildman–Crippen LogP) is 2.00. The summed E-state index contributed by atoms with van der Waals surface area (Å²) in [6.07, 6.45) is 1.38. The number of carboxylic acid groups (broad SMARTS) is 1. The number of aromatic amines is 1. The number of carbonyl (C=O) groups is 2. The van der Waals surface area contributed by atoms with Crippen LogP contribution in [-0.2, 0) is 0 Å². The molecule has 0 bridgehead atoms. The molecular weight excluding hydrogens is 394 g/mol. The average molecular weight is 409 g/mol. The Morgan fingerprint density at radius 2 is 2.00 bits per heavy atom. The van der Waals surface area contributed by atoms with Crippen molar-refractivity contribution >= 4 is 70.4 Å². The Morgan fingerprint density at radius 1 is 1.35 bits per heavy atom. The Bertz CT molecular complexity index is 874. The van der Waals surface area contributed by atoms with Crippen LogP contribution in [0.15, 0.2) is 6.20 Å². The number of rotatable bonds is 4. The van der Waals surface area contributed by atoms with Gasteiger partial charge in [-0.25, -0.2) is 9.78 Å². The van der Waals surface area contributed by atoms with Gasteiger partial charge in [0.25, 0.3) is 5.91 Å². The number of carbonyl (C=O) groups excluding carboxylic acids is 1. The van der Waals surface area contributed by atoms with Gasteiger partial charge < -0.3 is 20.3 Å². The summed E-state index contributed by atoms with van der Waals surface area (Å²) in [5.41, 5.74) is 0.953. The first-order chi connectivity index (χ1) is 11.9. The number of nitrogens with zero attached hydrogens (tertiary/aromatic N) is 2. The Hall–Kier alpha value is -1.17. The van der Waals surface area contributed by atoms with Crippen molar-refractivity contribution in [3.05, 3.63) is 32.5 Å². The number of amides is 1. The van der Waals surface area contributed by atoms with Crippen LogP contribution in [0.25, 0.3) is 0 Å². The number of aromatic nitrogens is 2. The second-order valence-corrected chi connectivity index (χ2v) is 8.06. The average Bonchev–Trinajstić information content (AvgIpc) is 3.02. The molecule has 1 saturated heterocycles. The number of thiazole rings is 1. The number of aryl methyl sites for hydroxylation is 1. The molecule has 1 aliphatic heterocycles. The second-order valence-electron chi connectivity index (χ2n) is 6.30. The zero-order valence-electron chi connectivity index (χ0n) is 13.0. The van der Waals surface area contributed by atoms with Gasteiger partial charge in [0.2, 0.25) is 0 Å². The molecule has 26 heavy (non-hydrogen) atoms. The molecule has 1 unspecified atom stereocenters. The first-order valence-corrected chi connectivity index (χ1v) is 9.22. The van der Waals surface area contributed by atoms with Crippen LogP contribution in [0.4, 0.5) is 5.13 Å². The van der Waals surface area contributed by atoms with Crippen molar-refractivity contribution in [2.45, 2.75) is 13.0 Å². The molecule has 0 spiro atoms. The number of aromatic carboxylic acids is 1. The SMILES string of the molecule is Cc1[nH]c(C(=O)NC2[C@H]3CN(c4ncc(C(=O)O)s4)C[C@@H]23)c(Cl)c1Cl.[LiH]. The van der Waals surface area contributed by atoms with E-state index in [1.165, 1.54) is 17.5 Å². The third-order valence-corrected chi connectivity index (χ3v) is 6.74. The van der Waals surface area contributed by atoms with E-state index in [9.17, 15) is 9.59 Å². The molecule has 7 nitrogen and oxygen atoms in total. The van der Waals surface area contributed by atoms with Gasteiger partial charge >= 0.3 is 24.8 Å². The summed E-state index contributed by atoms with van der Waals surface area (Å²) in [6.45, 7) is 3.26. The van der Waals surface area contributed by atoms with Crippen LogP contribution in [0.2, 0.25) is 10.0 Å². The minimum absolute atomic E-state index is 0. The minimum atomic E-state index is -0.963. The maximum absolute atomic E-state index is 12.4. The molecule has 1 saturated carbocycles. The fourth-order valence-corrected chi connectivity index (χ4v) is 4.55. The van der Waals surface area contributed by atoms with Crippen molar-refractivity contribution in [1.82, 2.24) is 15.3 Å². The van der Waals surface area contributed by atoms with Crippen molar-refractivity contribution in [2.24, 2.45) is 11.8 Å². The summed E-state index contributed by atoms with van der Waals surface area (Å²) < 4.78 is 0. The van der Waals surface area contributed by atoms with Crippen molar-refractivity contribution in [1.29, 1.82) is 0 Å². The molecular formula is C15H15Cl2LiN4O3S. The number of hydrogen-bond acceptors (Lipinski definition) is 5. The molecule has 2 aliphatic rings. The Balaban J connectivity index is 0.00000196. The number of H-pyrrole nitrogens is 1. The molecule has 2 aromatic heterocycles. The summed E-state index contributed by atoms with van der Waals surface area (Å²) >= 11 is 13.3. The van der Waals surface area contributed by atoms with E-state index in [0.717, 1.165) is 13.1 Å². The Labute approximate surface area is 175 Å². The van der Waals surface area contributed by atoms with Gasteiger partial charge in [-0.1, -0.05) is 34.5 Å². The number of hydrogen-bond donors (Lipinski definition) is 3. The molecule has 0 radical (unpaired) electrons. The molecule has 134 valence electrons. The van der Waals surface area contributed by atoms with Crippen LogP contribution in [0.1, 0.15) is 25.9 Å². The fourth-order valence-electron chi connectivity index (χ4n) is 3.36. The first kappa shape index (κ1) is 19.6. The topological polar surface area (TPSA) is 98.3 Å². The molecule has 2 aromatic rings. The fraction of sp³-hybridized carbons (Fsp3) is 0.400. The Kier molecular flexibility index (Phi) is 5.35. The second kappa shape index (κ2) is 7.10. The van der Waals surface area contributed by atoms with E-state index in [4.69, 9.17) is 28.3 Å². The normalized spacial score (nSPS) is 23.3. The van der Waals surface area contributed by atoms with Gasteiger partial charge in [-0.15, -0.1) is 0 Å². The summed E-state index contributed by atoms with van der Waals surface area (Å²) in [6, 6.07) is 0.0982. The summed E-state index contributed by atoms with van der Waals surface area (Å²) in [7, 11) is 0. The molecule has 3 N–H and O–H groups in total. The van der Waals surface area contributed by atoms with Gasteiger partial charge in [0.15, 0.2) is 5.13 Å². The monoisotopic (exact) mass is 408 g/mol. The van der Waals surface area contributed by atoms with Crippen LogP contribution < -0.4 is 10.2 Å². The third-order valence-electron chi connectivity index (χ3n) is 4.75. The number of piperidine rings is 1. The van der Waals surface area contributed by atoms with Crippen molar-refractivity contribution < 1.29 is 14.7 Å². The summed E-state index contributed by atoms with van der Waals surface area (Å²) in [5.74, 6) is -0.541. The molecule has 3 atom stereocenters. The number of anilines is 1. The van der Waals surface area contributed by atoms with Gasteiger partial charge in [0, 0.05) is 36.7 Å².